The number of halogens is 1. The molecule has 1 aliphatic heterocycles. The van der Waals surface area contributed by atoms with E-state index >= 15 is 0 Å². The van der Waals surface area contributed by atoms with Gasteiger partial charge in [-0.05, 0) is 74.7 Å². The van der Waals surface area contributed by atoms with Gasteiger partial charge in [0.2, 0.25) is 0 Å². The Morgan fingerprint density at radius 1 is 1.05 bits per heavy atom. The van der Waals surface area contributed by atoms with Crippen LogP contribution in [0.3, 0.4) is 0 Å². The van der Waals surface area contributed by atoms with Gasteiger partial charge in [0.05, 0.1) is 28.5 Å². The van der Waals surface area contributed by atoms with E-state index < -0.39 is 5.82 Å². The fourth-order valence-electron chi connectivity index (χ4n) is 5.32. The fraction of sp³-hybridized carbons (Fsp3) is 0.212. The second kappa shape index (κ2) is 11.3. The lowest BCUT2D eigenvalue weighted by Crippen LogP contribution is -2.31. The van der Waals surface area contributed by atoms with Gasteiger partial charge in [0.1, 0.15) is 11.5 Å². The Labute approximate surface area is 247 Å². The van der Waals surface area contributed by atoms with E-state index in [1.54, 1.807) is 31.3 Å². The van der Waals surface area contributed by atoms with E-state index in [-0.39, 0.29) is 30.0 Å². The molecule has 42 heavy (non-hydrogen) atoms. The summed E-state index contributed by atoms with van der Waals surface area (Å²) in [5, 5.41) is 7.15. The number of carbonyl (C=O) groups excluding carboxylic acids is 2. The van der Waals surface area contributed by atoms with Crippen molar-refractivity contribution in [1.82, 2.24) is 14.8 Å². The number of hydrogen-bond donors (Lipinski definition) is 1. The SMILES string of the molecule is Cc1cccc(F)c1NC(=O)c1cc2c(s1)-c1ccccc1N(CC(=O)c1cccc(-c3ccnn3C(C)C)n1)CC2. The van der Waals surface area contributed by atoms with Gasteiger partial charge in [-0.3, -0.25) is 14.3 Å². The molecule has 0 radical (unpaired) electrons. The molecule has 0 spiro atoms. The van der Waals surface area contributed by atoms with Gasteiger partial charge in [0.25, 0.3) is 5.91 Å². The Balaban J connectivity index is 1.25. The lowest BCUT2D eigenvalue weighted by atomic mass is 10.1. The van der Waals surface area contributed by atoms with Crippen LogP contribution in [0.25, 0.3) is 21.8 Å². The minimum Gasteiger partial charge on any atom is -0.363 e. The number of Topliss-reactive ketones (excluding diaryl/α,β-unsaturated/α-hetero) is 1. The molecule has 0 fully saturated rings. The third kappa shape index (κ3) is 5.23. The zero-order valence-corrected chi connectivity index (χ0v) is 24.4. The molecule has 5 aromatic rings. The molecule has 0 aliphatic carbocycles. The predicted octanol–water partition coefficient (Wildman–Crippen LogP) is 7.20. The van der Waals surface area contributed by atoms with Crippen molar-refractivity contribution in [2.24, 2.45) is 0 Å². The standard InChI is InChI=1S/C33H30FN5O2S/c1-20(2)39-28(14-16-35-39)25-11-7-12-26(36-25)29(40)19-38-17-15-22-18-30(42-32(22)23-9-4-5-13-27(23)38)33(41)37-31-21(3)8-6-10-24(31)34/h4-14,16,18,20H,15,17,19H2,1-3H3,(H,37,41). The van der Waals surface area contributed by atoms with E-state index in [0.717, 1.165) is 27.4 Å². The summed E-state index contributed by atoms with van der Waals surface area (Å²) in [5.41, 5.74) is 5.77. The molecule has 6 rings (SSSR count). The number of anilines is 2. The highest BCUT2D eigenvalue weighted by Crippen LogP contribution is 2.41. The average Bonchev–Trinajstić information content (AvgIpc) is 3.63. The molecule has 2 aromatic carbocycles. The Bertz CT molecular complexity index is 1790. The van der Waals surface area contributed by atoms with Gasteiger partial charge in [-0.15, -0.1) is 11.3 Å². The summed E-state index contributed by atoms with van der Waals surface area (Å²) in [7, 11) is 0. The molecule has 212 valence electrons. The summed E-state index contributed by atoms with van der Waals surface area (Å²) in [4.78, 5) is 35.0. The maximum absolute atomic E-state index is 14.4. The molecule has 9 heteroatoms. The second-order valence-electron chi connectivity index (χ2n) is 10.6. The number of rotatable bonds is 7. The smallest absolute Gasteiger partial charge is 0.265 e. The van der Waals surface area contributed by atoms with Crippen molar-refractivity contribution in [3.63, 3.8) is 0 Å². The Kier molecular flexibility index (Phi) is 7.43. The number of carbonyl (C=O) groups is 2. The largest absolute Gasteiger partial charge is 0.363 e. The molecule has 0 atom stereocenters. The molecule has 0 unspecified atom stereocenters. The lowest BCUT2D eigenvalue weighted by Gasteiger charge is -2.24. The van der Waals surface area contributed by atoms with Gasteiger partial charge in [-0.25, -0.2) is 9.37 Å². The number of aromatic nitrogens is 3. The summed E-state index contributed by atoms with van der Waals surface area (Å²) in [6.45, 7) is 6.65. The highest BCUT2D eigenvalue weighted by molar-refractivity contribution is 7.17. The number of aryl methyl sites for hydroxylation is 1. The van der Waals surface area contributed by atoms with Crippen LogP contribution in [0.4, 0.5) is 15.8 Å². The van der Waals surface area contributed by atoms with Crippen LogP contribution in [-0.4, -0.2) is 39.5 Å². The van der Waals surface area contributed by atoms with Crippen molar-refractivity contribution >= 4 is 34.4 Å². The van der Waals surface area contributed by atoms with Gasteiger partial charge in [0.15, 0.2) is 5.78 Å². The monoisotopic (exact) mass is 579 g/mol. The maximum Gasteiger partial charge on any atom is 0.265 e. The van der Waals surface area contributed by atoms with Gasteiger partial charge in [-0.1, -0.05) is 36.4 Å². The van der Waals surface area contributed by atoms with Gasteiger partial charge in [-0.2, -0.15) is 5.10 Å². The molecule has 0 bridgehead atoms. The molecule has 3 aromatic heterocycles. The van der Waals surface area contributed by atoms with Crippen molar-refractivity contribution in [2.45, 2.75) is 33.2 Å². The third-order valence-corrected chi connectivity index (χ3v) is 8.63. The van der Waals surface area contributed by atoms with E-state index in [4.69, 9.17) is 4.98 Å². The number of pyridine rings is 1. The van der Waals surface area contributed by atoms with Crippen molar-refractivity contribution in [1.29, 1.82) is 0 Å². The number of para-hydroxylation sites is 2. The average molecular weight is 580 g/mol. The topological polar surface area (TPSA) is 80.1 Å². The molecule has 1 N–H and O–H groups in total. The Hall–Kier alpha value is -4.63. The van der Waals surface area contributed by atoms with Crippen molar-refractivity contribution in [2.75, 3.05) is 23.3 Å². The van der Waals surface area contributed by atoms with Crippen LogP contribution in [0.2, 0.25) is 0 Å². The number of ketones is 1. The number of hydrogen-bond acceptors (Lipinski definition) is 6. The first-order valence-electron chi connectivity index (χ1n) is 13.9. The highest BCUT2D eigenvalue weighted by atomic mass is 32.1. The number of nitrogens with zero attached hydrogens (tertiary/aromatic N) is 4. The molecular weight excluding hydrogens is 549 g/mol. The van der Waals surface area contributed by atoms with Crippen LogP contribution in [-0.2, 0) is 6.42 Å². The first-order chi connectivity index (χ1) is 20.3. The van der Waals surface area contributed by atoms with E-state index in [1.165, 1.54) is 17.4 Å². The molecule has 1 amide bonds. The number of benzene rings is 2. The van der Waals surface area contributed by atoms with Crippen molar-refractivity contribution in [3.8, 4) is 21.8 Å². The van der Waals surface area contributed by atoms with Gasteiger partial charge < -0.3 is 10.2 Å². The summed E-state index contributed by atoms with van der Waals surface area (Å²) in [5.74, 6) is -0.874. The normalized spacial score (nSPS) is 12.5. The summed E-state index contributed by atoms with van der Waals surface area (Å²) < 4.78 is 16.3. The summed E-state index contributed by atoms with van der Waals surface area (Å²) in [6, 6.07) is 22.1. The predicted molar refractivity (Wildman–Crippen MR) is 165 cm³/mol. The minimum atomic E-state index is -0.460. The van der Waals surface area contributed by atoms with E-state index in [1.807, 2.05) is 53.2 Å². The molecule has 4 heterocycles. The van der Waals surface area contributed by atoms with Gasteiger partial charge >= 0.3 is 0 Å². The zero-order valence-electron chi connectivity index (χ0n) is 23.6. The third-order valence-electron chi connectivity index (χ3n) is 7.42. The molecule has 7 nitrogen and oxygen atoms in total. The first-order valence-corrected chi connectivity index (χ1v) is 14.7. The van der Waals surface area contributed by atoms with Crippen LogP contribution in [0.15, 0.2) is 79.0 Å². The van der Waals surface area contributed by atoms with Crippen molar-refractivity contribution in [3.05, 3.63) is 107 Å². The van der Waals surface area contributed by atoms with E-state index in [2.05, 4.69) is 29.2 Å². The Morgan fingerprint density at radius 2 is 1.86 bits per heavy atom. The highest BCUT2D eigenvalue weighted by Gasteiger charge is 2.26. The van der Waals surface area contributed by atoms with Gasteiger partial charge in [0, 0.05) is 34.9 Å². The van der Waals surface area contributed by atoms with Crippen molar-refractivity contribution < 1.29 is 14.0 Å². The zero-order chi connectivity index (χ0) is 29.4. The summed E-state index contributed by atoms with van der Waals surface area (Å²) >= 11 is 1.39. The second-order valence-corrected chi connectivity index (χ2v) is 11.7. The fourth-order valence-corrected chi connectivity index (χ4v) is 6.46. The first kappa shape index (κ1) is 27.5. The van der Waals surface area contributed by atoms with Crippen LogP contribution >= 0.6 is 11.3 Å². The molecule has 0 saturated heterocycles. The minimum absolute atomic E-state index is 0.0761. The maximum atomic E-state index is 14.4. The summed E-state index contributed by atoms with van der Waals surface area (Å²) in [6.07, 6.45) is 2.40. The number of amides is 1. The molecule has 1 aliphatic rings. The Morgan fingerprint density at radius 3 is 2.67 bits per heavy atom. The van der Waals surface area contributed by atoms with Crippen LogP contribution in [0.1, 0.15) is 51.2 Å². The van der Waals surface area contributed by atoms with Crippen LogP contribution in [0.5, 0.6) is 0 Å². The van der Waals surface area contributed by atoms with Crippen LogP contribution < -0.4 is 10.2 Å². The number of fused-ring (bicyclic) bond motifs is 3. The lowest BCUT2D eigenvalue weighted by molar-refractivity contribution is 0.0992. The molecular formula is C33H30FN5O2S. The number of nitrogens with one attached hydrogen (secondary N) is 1. The number of thiophene rings is 1. The van der Waals surface area contributed by atoms with Crippen LogP contribution in [0, 0.1) is 12.7 Å². The quantitative estimate of drug-likeness (QED) is 0.206. The van der Waals surface area contributed by atoms with E-state index in [0.29, 0.717) is 34.8 Å². The molecule has 0 saturated carbocycles. The van der Waals surface area contributed by atoms with E-state index in [9.17, 15) is 14.0 Å².